The van der Waals surface area contributed by atoms with E-state index in [1.54, 1.807) is 0 Å². The van der Waals surface area contributed by atoms with Crippen molar-refractivity contribution in [2.24, 2.45) is 0 Å². The van der Waals surface area contributed by atoms with Crippen molar-refractivity contribution < 1.29 is 28.6 Å². The molecule has 0 aliphatic heterocycles. The van der Waals surface area contributed by atoms with Crippen LogP contribution in [-0.4, -0.2) is 37.2 Å². The molecule has 0 aliphatic carbocycles. The summed E-state index contributed by atoms with van der Waals surface area (Å²) >= 11 is 0. The zero-order valence-corrected chi connectivity index (χ0v) is 44.8. The third kappa shape index (κ3) is 54.9. The first-order valence-electron chi connectivity index (χ1n) is 28.4. The molecule has 69 heavy (non-hydrogen) atoms. The predicted octanol–water partition coefficient (Wildman–Crippen LogP) is 19.1. The molecular weight excluding hydrogens is 853 g/mol. The quantitative estimate of drug-likeness (QED) is 0.0262. The third-order valence-corrected chi connectivity index (χ3v) is 11.8. The summed E-state index contributed by atoms with van der Waals surface area (Å²) in [6.07, 6.45) is 76.5. The van der Waals surface area contributed by atoms with Crippen LogP contribution in [0.4, 0.5) is 0 Å². The Hall–Kier alpha value is -3.93. The smallest absolute Gasteiger partial charge is 0.306 e. The predicted molar refractivity (Wildman–Crippen MR) is 297 cm³/mol. The van der Waals surface area contributed by atoms with Gasteiger partial charge in [0.1, 0.15) is 13.2 Å². The van der Waals surface area contributed by atoms with Crippen molar-refractivity contribution in [1.82, 2.24) is 0 Å². The molecule has 0 saturated heterocycles. The van der Waals surface area contributed by atoms with E-state index in [-0.39, 0.29) is 44.0 Å². The van der Waals surface area contributed by atoms with Gasteiger partial charge < -0.3 is 14.2 Å². The molecule has 0 spiro atoms. The van der Waals surface area contributed by atoms with Gasteiger partial charge in [-0.1, -0.05) is 239 Å². The van der Waals surface area contributed by atoms with Gasteiger partial charge in [-0.2, -0.15) is 0 Å². The summed E-state index contributed by atoms with van der Waals surface area (Å²) in [6.45, 7) is 6.43. The van der Waals surface area contributed by atoms with Crippen molar-refractivity contribution in [2.45, 2.75) is 258 Å². The van der Waals surface area contributed by atoms with Gasteiger partial charge in [0.2, 0.25) is 0 Å². The van der Waals surface area contributed by atoms with Crippen molar-refractivity contribution in [3.05, 3.63) is 109 Å². The van der Waals surface area contributed by atoms with E-state index in [0.717, 1.165) is 96.3 Å². The monoisotopic (exact) mass is 957 g/mol. The number of rotatable bonds is 50. The van der Waals surface area contributed by atoms with Crippen LogP contribution in [0.1, 0.15) is 252 Å². The highest BCUT2D eigenvalue weighted by Crippen LogP contribution is 2.15. The summed E-state index contributed by atoms with van der Waals surface area (Å²) in [5.74, 6) is -0.999. The minimum atomic E-state index is -0.818. The first-order chi connectivity index (χ1) is 34.0. The molecule has 0 aliphatic rings. The van der Waals surface area contributed by atoms with Crippen LogP contribution < -0.4 is 0 Å². The van der Waals surface area contributed by atoms with Gasteiger partial charge in [-0.15, -0.1) is 0 Å². The third-order valence-electron chi connectivity index (χ3n) is 11.8. The lowest BCUT2D eigenvalue weighted by atomic mass is 10.0. The van der Waals surface area contributed by atoms with Crippen LogP contribution in [0.2, 0.25) is 0 Å². The fourth-order valence-corrected chi connectivity index (χ4v) is 7.52. The Kier molecular flexibility index (Phi) is 53.4. The second kappa shape index (κ2) is 56.7. The summed E-state index contributed by atoms with van der Waals surface area (Å²) in [7, 11) is 0. The van der Waals surface area contributed by atoms with E-state index in [1.165, 1.54) is 103 Å². The first-order valence-corrected chi connectivity index (χ1v) is 28.4. The molecule has 0 radical (unpaired) electrons. The second-order valence-electron chi connectivity index (χ2n) is 18.5. The van der Waals surface area contributed by atoms with E-state index in [2.05, 4.69) is 130 Å². The molecule has 0 heterocycles. The lowest BCUT2D eigenvalue weighted by molar-refractivity contribution is -0.167. The van der Waals surface area contributed by atoms with Crippen LogP contribution in [0.5, 0.6) is 0 Å². The number of allylic oxidation sites excluding steroid dienone is 18. The maximum Gasteiger partial charge on any atom is 0.306 e. The molecule has 0 aromatic carbocycles. The minimum absolute atomic E-state index is 0.108. The molecule has 1 atom stereocenters. The lowest BCUT2D eigenvalue weighted by Crippen LogP contribution is -2.30. The highest BCUT2D eigenvalue weighted by molar-refractivity contribution is 5.71. The Labute approximate surface area is 425 Å². The minimum Gasteiger partial charge on any atom is -0.462 e. The number of hydrogen-bond acceptors (Lipinski definition) is 6. The van der Waals surface area contributed by atoms with E-state index in [0.29, 0.717) is 19.3 Å². The largest absolute Gasteiger partial charge is 0.462 e. The summed E-state index contributed by atoms with van der Waals surface area (Å²) < 4.78 is 16.8. The summed E-state index contributed by atoms with van der Waals surface area (Å²) in [5, 5.41) is 0. The Morgan fingerprint density at radius 1 is 0.304 bits per heavy atom. The number of ether oxygens (including phenoxy) is 3. The van der Waals surface area contributed by atoms with Crippen molar-refractivity contribution in [2.75, 3.05) is 13.2 Å². The number of hydrogen-bond donors (Lipinski definition) is 0. The van der Waals surface area contributed by atoms with Crippen LogP contribution in [0.25, 0.3) is 0 Å². The SMILES string of the molecule is CC/C=C\C/C=C\C/C=C\C/C=C\C/C=C\CCCC(=O)OC[C@H](COC(=O)CCCCCCCCCCCCCCCCC)OC(=O)CCCCC/C=C\C/C=C\C/C=C\C/C=C\CCCCC. The molecule has 0 bridgehead atoms. The van der Waals surface area contributed by atoms with E-state index in [1.807, 2.05) is 0 Å². The molecule has 0 aromatic heterocycles. The fourth-order valence-electron chi connectivity index (χ4n) is 7.52. The zero-order valence-electron chi connectivity index (χ0n) is 44.8. The Balaban J connectivity index is 4.54. The molecule has 0 N–H and O–H groups in total. The van der Waals surface area contributed by atoms with Crippen molar-refractivity contribution in [3.8, 4) is 0 Å². The molecule has 0 saturated carbocycles. The van der Waals surface area contributed by atoms with E-state index < -0.39 is 6.10 Å². The van der Waals surface area contributed by atoms with Gasteiger partial charge in [0.05, 0.1) is 0 Å². The standard InChI is InChI=1S/C63H104O6/c1-4-7-10-13-16-19-22-25-28-30-31-33-36-39-42-45-48-51-54-57-63(66)69-60(58-67-61(64)55-52-49-46-43-40-37-34-27-24-21-18-15-12-9-6-3)59-68-62(65)56-53-50-47-44-41-38-35-32-29-26-23-20-17-14-11-8-5-2/h8,11,16-17,19-20,25-26,28-29,31,33,35,38-39,42,44,47,60H,4-7,9-10,12-15,18,21-24,27,30,32,34,36-37,40-41,43,45-46,48-59H2,1-3H3/b11-8-,19-16-,20-17-,28-25-,29-26-,33-31-,38-35-,42-39-,47-44-/t60-/m0/s1. The van der Waals surface area contributed by atoms with E-state index in [9.17, 15) is 14.4 Å². The molecule has 0 unspecified atom stereocenters. The second-order valence-corrected chi connectivity index (χ2v) is 18.5. The van der Waals surface area contributed by atoms with Gasteiger partial charge in [-0.05, 0) is 103 Å². The lowest BCUT2D eigenvalue weighted by Gasteiger charge is -2.18. The Morgan fingerprint density at radius 2 is 0.580 bits per heavy atom. The van der Waals surface area contributed by atoms with Crippen LogP contribution in [0.3, 0.4) is 0 Å². The zero-order chi connectivity index (χ0) is 50.0. The molecule has 6 heteroatoms. The number of unbranched alkanes of at least 4 members (excludes halogenated alkanes) is 21. The molecule has 0 fully saturated rings. The molecule has 0 rings (SSSR count). The van der Waals surface area contributed by atoms with Crippen LogP contribution in [0, 0.1) is 0 Å². The maximum absolute atomic E-state index is 12.8. The molecule has 0 aromatic rings. The van der Waals surface area contributed by atoms with Crippen molar-refractivity contribution in [3.63, 3.8) is 0 Å². The number of esters is 3. The van der Waals surface area contributed by atoms with Crippen LogP contribution >= 0.6 is 0 Å². The maximum atomic E-state index is 12.8. The fraction of sp³-hybridized carbons (Fsp3) is 0.667. The average Bonchev–Trinajstić information content (AvgIpc) is 3.35. The first kappa shape index (κ1) is 65.1. The van der Waals surface area contributed by atoms with E-state index in [4.69, 9.17) is 14.2 Å². The van der Waals surface area contributed by atoms with Gasteiger partial charge >= 0.3 is 17.9 Å². The highest BCUT2D eigenvalue weighted by Gasteiger charge is 2.19. The topological polar surface area (TPSA) is 78.9 Å². The van der Waals surface area contributed by atoms with Gasteiger partial charge in [-0.25, -0.2) is 0 Å². The van der Waals surface area contributed by atoms with Gasteiger partial charge in [0, 0.05) is 19.3 Å². The highest BCUT2D eigenvalue weighted by atomic mass is 16.6. The Morgan fingerprint density at radius 3 is 0.971 bits per heavy atom. The van der Waals surface area contributed by atoms with Gasteiger partial charge in [0.15, 0.2) is 6.10 Å². The van der Waals surface area contributed by atoms with Gasteiger partial charge in [-0.3, -0.25) is 14.4 Å². The molecular formula is C63H104O6. The van der Waals surface area contributed by atoms with Gasteiger partial charge in [0.25, 0.3) is 0 Å². The van der Waals surface area contributed by atoms with Crippen LogP contribution in [-0.2, 0) is 28.6 Å². The Bertz CT molecular complexity index is 1420. The number of carbonyl (C=O) groups excluding carboxylic acids is 3. The van der Waals surface area contributed by atoms with Crippen LogP contribution in [0.15, 0.2) is 109 Å². The summed E-state index contributed by atoms with van der Waals surface area (Å²) in [6, 6.07) is 0. The van der Waals surface area contributed by atoms with E-state index >= 15 is 0 Å². The van der Waals surface area contributed by atoms with Crippen molar-refractivity contribution in [1.29, 1.82) is 0 Å². The summed E-state index contributed by atoms with van der Waals surface area (Å²) in [4.78, 5) is 38.1. The molecule has 392 valence electrons. The average molecular weight is 958 g/mol. The summed E-state index contributed by atoms with van der Waals surface area (Å²) in [5.41, 5.74) is 0. The number of carbonyl (C=O) groups is 3. The molecule has 6 nitrogen and oxygen atoms in total. The normalized spacial score (nSPS) is 12.9. The van der Waals surface area contributed by atoms with Crippen molar-refractivity contribution >= 4 is 17.9 Å². The molecule has 0 amide bonds.